The predicted molar refractivity (Wildman–Crippen MR) is 77.2 cm³/mol. The van der Waals surface area contributed by atoms with Gasteiger partial charge in [0.2, 0.25) is 0 Å². The van der Waals surface area contributed by atoms with Gasteiger partial charge in [-0.1, -0.05) is 24.3 Å². The van der Waals surface area contributed by atoms with Crippen LogP contribution < -0.4 is 4.74 Å². The zero-order valence-electron chi connectivity index (χ0n) is 12.0. The lowest BCUT2D eigenvalue weighted by atomic mass is 10.1. The first kappa shape index (κ1) is 15.4. The van der Waals surface area contributed by atoms with Crippen LogP contribution in [0.5, 0.6) is 5.75 Å². The third kappa shape index (κ3) is 4.23. The monoisotopic (exact) mass is 292 g/mol. The van der Waals surface area contributed by atoms with Crippen molar-refractivity contribution in [3.8, 4) is 5.75 Å². The summed E-state index contributed by atoms with van der Waals surface area (Å²) < 4.78 is 29.4. The maximum Gasteiger partial charge on any atom is 0.387 e. The minimum absolute atomic E-state index is 0.123. The highest BCUT2D eigenvalue weighted by molar-refractivity contribution is 5.33. The van der Waals surface area contributed by atoms with E-state index in [-0.39, 0.29) is 11.8 Å². The van der Waals surface area contributed by atoms with Crippen LogP contribution in [0, 0.1) is 0 Å². The van der Waals surface area contributed by atoms with Gasteiger partial charge >= 0.3 is 6.61 Å². The first-order valence-electron chi connectivity index (χ1n) is 6.71. The SMILES string of the molecule is C[C@@H](c1cccnc1)N(C)Cc1ccccc1OC(F)F. The fourth-order valence-electron chi connectivity index (χ4n) is 2.13. The first-order valence-corrected chi connectivity index (χ1v) is 6.71. The van der Waals surface area contributed by atoms with Gasteiger partial charge in [-0.15, -0.1) is 0 Å². The molecule has 0 unspecified atom stereocenters. The summed E-state index contributed by atoms with van der Waals surface area (Å²) in [6.07, 6.45) is 3.53. The molecule has 1 aromatic carbocycles. The third-order valence-corrected chi connectivity index (χ3v) is 3.44. The van der Waals surface area contributed by atoms with Crippen molar-refractivity contribution in [1.29, 1.82) is 0 Å². The van der Waals surface area contributed by atoms with E-state index in [1.54, 1.807) is 24.4 Å². The molecule has 1 aromatic heterocycles. The van der Waals surface area contributed by atoms with Gasteiger partial charge in [-0.3, -0.25) is 9.88 Å². The number of nitrogens with zero attached hydrogens (tertiary/aromatic N) is 2. The molecule has 0 radical (unpaired) electrons. The molecule has 0 fully saturated rings. The van der Waals surface area contributed by atoms with Gasteiger partial charge in [-0.05, 0) is 31.7 Å². The highest BCUT2D eigenvalue weighted by Crippen LogP contribution is 2.25. The number of para-hydroxylation sites is 1. The smallest absolute Gasteiger partial charge is 0.387 e. The van der Waals surface area contributed by atoms with Gasteiger partial charge < -0.3 is 4.74 Å². The molecule has 3 nitrogen and oxygen atoms in total. The number of hydrogen-bond acceptors (Lipinski definition) is 3. The second kappa shape index (κ2) is 7.13. The van der Waals surface area contributed by atoms with E-state index in [2.05, 4.69) is 14.6 Å². The molecule has 2 aromatic rings. The van der Waals surface area contributed by atoms with Crippen molar-refractivity contribution in [2.75, 3.05) is 7.05 Å². The van der Waals surface area contributed by atoms with Gasteiger partial charge in [0.15, 0.2) is 0 Å². The maximum absolute atomic E-state index is 12.4. The van der Waals surface area contributed by atoms with E-state index in [0.29, 0.717) is 6.54 Å². The second-order valence-electron chi connectivity index (χ2n) is 4.86. The Balaban J connectivity index is 2.11. The number of benzene rings is 1. The number of pyridine rings is 1. The Hall–Kier alpha value is -2.01. The average molecular weight is 292 g/mol. The molecule has 0 aliphatic rings. The van der Waals surface area contributed by atoms with Crippen LogP contribution >= 0.6 is 0 Å². The quantitative estimate of drug-likeness (QED) is 0.808. The molecule has 0 spiro atoms. The molecule has 0 saturated heterocycles. The summed E-state index contributed by atoms with van der Waals surface area (Å²) in [6, 6.07) is 10.9. The maximum atomic E-state index is 12.4. The minimum atomic E-state index is -2.81. The van der Waals surface area contributed by atoms with Gasteiger partial charge in [-0.2, -0.15) is 8.78 Å². The summed E-state index contributed by atoms with van der Waals surface area (Å²) >= 11 is 0. The predicted octanol–water partition coefficient (Wildman–Crippen LogP) is 3.88. The van der Waals surface area contributed by atoms with Crippen LogP contribution in [0.15, 0.2) is 48.8 Å². The van der Waals surface area contributed by atoms with Crippen molar-refractivity contribution in [2.45, 2.75) is 26.1 Å². The Bertz CT molecular complexity index is 563. The number of alkyl halides is 2. The molecule has 112 valence electrons. The first-order chi connectivity index (χ1) is 10.1. The van der Waals surface area contributed by atoms with E-state index in [1.165, 1.54) is 0 Å². The van der Waals surface area contributed by atoms with Crippen LogP contribution in [0.3, 0.4) is 0 Å². The van der Waals surface area contributed by atoms with Crippen molar-refractivity contribution in [3.05, 3.63) is 59.9 Å². The topological polar surface area (TPSA) is 25.4 Å². The molecular formula is C16H18F2N2O. The van der Waals surface area contributed by atoms with Crippen molar-refractivity contribution in [3.63, 3.8) is 0 Å². The fourth-order valence-corrected chi connectivity index (χ4v) is 2.13. The van der Waals surface area contributed by atoms with Crippen LogP contribution in [-0.2, 0) is 6.54 Å². The number of ether oxygens (including phenoxy) is 1. The van der Waals surface area contributed by atoms with Gasteiger partial charge in [-0.25, -0.2) is 0 Å². The van der Waals surface area contributed by atoms with Crippen LogP contribution in [0.25, 0.3) is 0 Å². The van der Waals surface area contributed by atoms with Crippen molar-refractivity contribution >= 4 is 0 Å². The minimum Gasteiger partial charge on any atom is -0.434 e. The standard InChI is InChI=1S/C16H18F2N2O/c1-12(13-7-5-9-19-10-13)20(2)11-14-6-3-4-8-15(14)21-16(17)18/h3-10,12,16H,11H2,1-2H3/t12-/m0/s1. The van der Waals surface area contributed by atoms with Gasteiger partial charge in [0, 0.05) is 30.5 Å². The Morgan fingerprint density at radius 3 is 2.62 bits per heavy atom. The zero-order valence-corrected chi connectivity index (χ0v) is 12.0. The Morgan fingerprint density at radius 2 is 1.95 bits per heavy atom. The van der Waals surface area contributed by atoms with E-state index in [4.69, 9.17) is 0 Å². The summed E-state index contributed by atoms with van der Waals surface area (Å²) in [5.74, 6) is 0.220. The van der Waals surface area contributed by atoms with Crippen molar-refractivity contribution in [1.82, 2.24) is 9.88 Å². The van der Waals surface area contributed by atoms with Crippen LogP contribution in [0.4, 0.5) is 8.78 Å². The van der Waals surface area contributed by atoms with E-state index < -0.39 is 6.61 Å². The van der Waals surface area contributed by atoms with Gasteiger partial charge in [0.1, 0.15) is 5.75 Å². The van der Waals surface area contributed by atoms with E-state index in [1.807, 2.05) is 38.4 Å². The van der Waals surface area contributed by atoms with Crippen LogP contribution in [0.2, 0.25) is 0 Å². The van der Waals surface area contributed by atoms with E-state index in [9.17, 15) is 8.78 Å². The van der Waals surface area contributed by atoms with Gasteiger partial charge in [0.25, 0.3) is 0 Å². The molecule has 1 atom stereocenters. The molecule has 0 aliphatic heterocycles. The Kier molecular flexibility index (Phi) is 5.22. The lowest BCUT2D eigenvalue weighted by molar-refractivity contribution is -0.0508. The number of halogens is 2. The molecule has 0 bridgehead atoms. The molecule has 0 amide bonds. The molecule has 0 aliphatic carbocycles. The average Bonchev–Trinajstić information content (AvgIpc) is 2.49. The molecule has 2 rings (SSSR count). The summed E-state index contributed by atoms with van der Waals surface area (Å²) in [5, 5.41) is 0. The van der Waals surface area contributed by atoms with Crippen LogP contribution in [-0.4, -0.2) is 23.5 Å². The van der Waals surface area contributed by atoms with Crippen molar-refractivity contribution < 1.29 is 13.5 Å². The highest BCUT2D eigenvalue weighted by atomic mass is 19.3. The molecule has 1 heterocycles. The normalized spacial score (nSPS) is 12.7. The van der Waals surface area contributed by atoms with Crippen LogP contribution in [0.1, 0.15) is 24.1 Å². The molecule has 21 heavy (non-hydrogen) atoms. The lowest BCUT2D eigenvalue weighted by Crippen LogP contribution is -2.22. The lowest BCUT2D eigenvalue weighted by Gasteiger charge is -2.25. The molecule has 5 heteroatoms. The Morgan fingerprint density at radius 1 is 1.19 bits per heavy atom. The Labute approximate surface area is 123 Å². The second-order valence-corrected chi connectivity index (χ2v) is 4.86. The number of aromatic nitrogens is 1. The zero-order chi connectivity index (χ0) is 15.2. The van der Waals surface area contributed by atoms with Gasteiger partial charge in [0.05, 0.1) is 0 Å². The summed E-state index contributed by atoms with van der Waals surface area (Å²) in [4.78, 5) is 6.16. The third-order valence-electron chi connectivity index (χ3n) is 3.44. The van der Waals surface area contributed by atoms with E-state index in [0.717, 1.165) is 11.1 Å². The molecule has 0 N–H and O–H groups in total. The number of hydrogen-bond donors (Lipinski definition) is 0. The number of rotatable bonds is 6. The largest absolute Gasteiger partial charge is 0.434 e. The summed E-state index contributed by atoms with van der Waals surface area (Å²) in [5.41, 5.74) is 1.81. The summed E-state index contributed by atoms with van der Waals surface area (Å²) in [6.45, 7) is -0.251. The molecule has 0 saturated carbocycles. The summed E-state index contributed by atoms with van der Waals surface area (Å²) in [7, 11) is 1.94. The van der Waals surface area contributed by atoms with Crippen molar-refractivity contribution in [2.24, 2.45) is 0 Å². The van der Waals surface area contributed by atoms with E-state index >= 15 is 0 Å². The molecular weight excluding hydrogens is 274 g/mol. The fraction of sp³-hybridized carbons (Fsp3) is 0.312. The highest BCUT2D eigenvalue weighted by Gasteiger charge is 2.15.